The van der Waals surface area contributed by atoms with E-state index in [4.69, 9.17) is 5.73 Å². The van der Waals surface area contributed by atoms with Gasteiger partial charge in [-0.25, -0.2) is 0 Å². The summed E-state index contributed by atoms with van der Waals surface area (Å²) < 4.78 is 0. The number of rotatable bonds is 1. The van der Waals surface area contributed by atoms with Gasteiger partial charge in [-0.1, -0.05) is 12.5 Å². The van der Waals surface area contributed by atoms with Crippen molar-refractivity contribution >= 4 is 0 Å². The van der Waals surface area contributed by atoms with Crippen LogP contribution in [0, 0.1) is 0 Å². The highest BCUT2D eigenvalue weighted by Gasteiger charge is 2.24. The largest absolute Gasteiger partial charge is 0.327 e. The number of pyridine rings is 1. The molecule has 1 heterocycles. The van der Waals surface area contributed by atoms with Crippen molar-refractivity contribution in [3.63, 3.8) is 0 Å². The lowest BCUT2D eigenvalue weighted by atomic mass is 9.80. The highest BCUT2D eigenvalue weighted by atomic mass is 14.7. The molecule has 1 unspecified atom stereocenters. The summed E-state index contributed by atoms with van der Waals surface area (Å²) >= 11 is 0. The summed E-state index contributed by atoms with van der Waals surface area (Å²) in [6, 6.07) is 2.66. The summed E-state index contributed by atoms with van der Waals surface area (Å²) in [6.07, 6.45) is 8.17. The summed E-state index contributed by atoms with van der Waals surface area (Å²) in [4.78, 5) is 4.53. The van der Waals surface area contributed by atoms with E-state index in [1.807, 2.05) is 0 Å². The van der Waals surface area contributed by atoms with Crippen molar-refractivity contribution in [2.45, 2.75) is 44.1 Å². The molecule has 1 atom stereocenters. The molecule has 3 rings (SSSR count). The second kappa shape index (κ2) is 3.06. The molecule has 1 fully saturated rings. The van der Waals surface area contributed by atoms with E-state index in [1.54, 1.807) is 0 Å². The van der Waals surface area contributed by atoms with Crippen LogP contribution in [0.1, 0.15) is 42.0 Å². The Morgan fingerprint density at radius 1 is 1.29 bits per heavy atom. The zero-order valence-electron chi connectivity index (χ0n) is 8.37. The smallest absolute Gasteiger partial charge is 0.0451 e. The lowest BCUT2D eigenvalue weighted by molar-refractivity contribution is 0.418. The minimum absolute atomic E-state index is 0.314. The summed E-state index contributed by atoms with van der Waals surface area (Å²) in [5.74, 6) is 0.796. The number of nitrogens with two attached hydrogens (primary N) is 1. The third-order valence-corrected chi connectivity index (χ3v) is 3.60. The maximum absolute atomic E-state index is 5.92. The second-order valence-corrected chi connectivity index (χ2v) is 4.67. The minimum atomic E-state index is 0.314. The molecule has 2 heteroatoms. The average Bonchev–Trinajstić information content (AvgIpc) is 2.40. The normalized spacial score (nSPS) is 25.9. The Hall–Kier alpha value is -0.890. The fraction of sp³-hybridized carbons (Fsp3) is 0.583. The number of hydrogen-bond donors (Lipinski definition) is 1. The molecule has 0 aliphatic heterocycles. The van der Waals surface area contributed by atoms with E-state index in [1.165, 1.54) is 36.1 Å². The number of fused-ring (bicyclic) bond motifs is 1. The molecular formula is C12H16N2. The molecule has 2 N–H and O–H groups in total. The highest BCUT2D eigenvalue weighted by molar-refractivity contribution is 5.33. The van der Waals surface area contributed by atoms with Crippen molar-refractivity contribution in [2.75, 3.05) is 0 Å². The van der Waals surface area contributed by atoms with E-state index >= 15 is 0 Å². The molecule has 0 spiro atoms. The monoisotopic (exact) mass is 188 g/mol. The molecule has 2 aliphatic rings. The molecule has 0 saturated heterocycles. The molecule has 0 amide bonds. The SMILES string of the molecule is NC1Cc2cc(C3CCC3)cnc2C1. The standard InChI is InChI=1S/C12H16N2/c13-11-5-9-4-10(8-2-1-3-8)7-14-12(9)6-11/h4,7-8,11H,1-3,5-6,13H2. The first kappa shape index (κ1) is 8.42. The molecule has 0 radical (unpaired) electrons. The van der Waals surface area contributed by atoms with Gasteiger partial charge in [0.05, 0.1) is 0 Å². The first-order valence-electron chi connectivity index (χ1n) is 5.56. The number of hydrogen-bond acceptors (Lipinski definition) is 2. The third-order valence-electron chi connectivity index (χ3n) is 3.60. The van der Waals surface area contributed by atoms with Gasteiger partial charge in [-0.3, -0.25) is 4.98 Å². The van der Waals surface area contributed by atoms with Crippen molar-refractivity contribution in [1.82, 2.24) is 4.98 Å². The van der Waals surface area contributed by atoms with Gasteiger partial charge in [0, 0.05) is 24.4 Å². The molecule has 2 aliphatic carbocycles. The average molecular weight is 188 g/mol. The van der Waals surface area contributed by atoms with Gasteiger partial charge < -0.3 is 5.73 Å². The Labute approximate surface area is 84.5 Å². The topological polar surface area (TPSA) is 38.9 Å². The van der Waals surface area contributed by atoms with Crippen LogP contribution >= 0.6 is 0 Å². The van der Waals surface area contributed by atoms with Gasteiger partial charge in [0.1, 0.15) is 0 Å². The van der Waals surface area contributed by atoms with Gasteiger partial charge in [-0.15, -0.1) is 0 Å². The van der Waals surface area contributed by atoms with Crippen LogP contribution in [0.2, 0.25) is 0 Å². The van der Waals surface area contributed by atoms with Crippen LogP contribution in [0.5, 0.6) is 0 Å². The van der Waals surface area contributed by atoms with E-state index in [2.05, 4.69) is 17.2 Å². The lowest BCUT2D eigenvalue weighted by Gasteiger charge is -2.25. The zero-order chi connectivity index (χ0) is 9.54. The second-order valence-electron chi connectivity index (χ2n) is 4.67. The summed E-state index contributed by atoms with van der Waals surface area (Å²) in [5.41, 5.74) is 10.0. The van der Waals surface area contributed by atoms with Crippen molar-refractivity contribution < 1.29 is 0 Å². The van der Waals surface area contributed by atoms with E-state index in [0.29, 0.717) is 6.04 Å². The molecular weight excluding hydrogens is 172 g/mol. The molecule has 0 bridgehead atoms. The molecule has 1 aromatic rings. The fourth-order valence-electron chi connectivity index (χ4n) is 2.49. The van der Waals surface area contributed by atoms with Crippen LogP contribution in [0.3, 0.4) is 0 Å². The maximum atomic E-state index is 5.92. The Morgan fingerprint density at radius 3 is 2.86 bits per heavy atom. The predicted molar refractivity (Wildman–Crippen MR) is 56.2 cm³/mol. The molecule has 2 nitrogen and oxygen atoms in total. The molecule has 14 heavy (non-hydrogen) atoms. The van der Waals surface area contributed by atoms with Crippen molar-refractivity contribution in [3.8, 4) is 0 Å². The van der Waals surface area contributed by atoms with E-state index in [-0.39, 0.29) is 0 Å². The fourth-order valence-corrected chi connectivity index (χ4v) is 2.49. The van der Waals surface area contributed by atoms with Crippen molar-refractivity contribution in [1.29, 1.82) is 0 Å². The van der Waals surface area contributed by atoms with Crippen molar-refractivity contribution in [3.05, 3.63) is 29.1 Å². The first-order chi connectivity index (χ1) is 6.83. The summed E-state index contributed by atoms with van der Waals surface area (Å²) in [5, 5.41) is 0. The first-order valence-corrected chi connectivity index (χ1v) is 5.56. The van der Waals surface area contributed by atoms with E-state index in [9.17, 15) is 0 Å². The predicted octanol–water partition coefficient (Wildman–Crippen LogP) is 1.77. The van der Waals surface area contributed by atoms with Gasteiger partial charge in [-0.05, 0) is 36.3 Å². The van der Waals surface area contributed by atoms with Gasteiger partial charge in [0.25, 0.3) is 0 Å². The molecule has 74 valence electrons. The Morgan fingerprint density at radius 2 is 2.14 bits per heavy atom. The zero-order valence-corrected chi connectivity index (χ0v) is 8.37. The van der Waals surface area contributed by atoms with Gasteiger partial charge in [0.15, 0.2) is 0 Å². The Bertz CT molecular complexity index is 355. The van der Waals surface area contributed by atoms with E-state index < -0.39 is 0 Å². The van der Waals surface area contributed by atoms with Crippen LogP contribution in [0.4, 0.5) is 0 Å². The van der Waals surface area contributed by atoms with Gasteiger partial charge in [0.2, 0.25) is 0 Å². The molecule has 1 aromatic heterocycles. The van der Waals surface area contributed by atoms with Crippen LogP contribution in [0.25, 0.3) is 0 Å². The van der Waals surface area contributed by atoms with Crippen LogP contribution in [0.15, 0.2) is 12.3 Å². The quantitative estimate of drug-likeness (QED) is 0.729. The number of nitrogens with zero attached hydrogens (tertiary/aromatic N) is 1. The molecule has 1 saturated carbocycles. The third kappa shape index (κ3) is 1.25. The van der Waals surface area contributed by atoms with Crippen LogP contribution in [-0.2, 0) is 12.8 Å². The highest BCUT2D eigenvalue weighted by Crippen LogP contribution is 2.37. The van der Waals surface area contributed by atoms with Gasteiger partial charge >= 0.3 is 0 Å². The van der Waals surface area contributed by atoms with Crippen LogP contribution in [-0.4, -0.2) is 11.0 Å². The number of aromatic nitrogens is 1. The molecule has 0 aromatic carbocycles. The maximum Gasteiger partial charge on any atom is 0.0451 e. The van der Waals surface area contributed by atoms with E-state index in [0.717, 1.165) is 18.8 Å². The Kier molecular flexibility index (Phi) is 1.84. The lowest BCUT2D eigenvalue weighted by Crippen LogP contribution is -2.19. The minimum Gasteiger partial charge on any atom is -0.327 e. The summed E-state index contributed by atoms with van der Waals surface area (Å²) in [7, 11) is 0. The van der Waals surface area contributed by atoms with Crippen molar-refractivity contribution in [2.24, 2.45) is 5.73 Å². The Balaban J connectivity index is 1.91. The van der Waals surface area contributed by atoms with Crippen LogP contribution < -0.4 is 5.73 Å². The van der Waals surface area contributed by atoms with Gasteiger partial charge in [-0.2, -0.15) is 0 Å². The summed E-state index contributed by atoms with van der Waals surface area (Å²) in [6.45, 7) is 0.